The molecule has 0 aliphatic heterocycles. The zero-order valence-corrected chi connectivity index (χ0v) is 21.8. The van der Waals surface area contributed by atoms with Gasteiger partial charge >= 0.3 is 17.9 Å². The summed E-state index contributed by atoms with van der Waals surface area (Å²) in [5.74, 6) is -2.43. The Labute approximate surface area is 202 Å². The normalized spacial score (nSPS) is 11.9. The highest BCUT2D eigenvalue weighted by molar-refractivity contribution is 5.75. The Morgan fingerprint density at radius 3 is 1.36 bits per heavy atom. The van der Waals surface area contributed by atoms with Gasteiger partial charge in [-0.05, 0) is 12.8 Å². The molecule has 0 rings (SSSR count). The van der Waals surface area contributed by atoms with Crippen LogP contribution in [0.5, 0.6) is 0 Å². The molecule has 1 unspecified atom stereocenters. The van der Waals surface area contributed by atoms with Crippen molar-refractivity contribution >= 4 is 17.9 Å². The summed E-state index contributed by atoms with van der Waals surface area (Å²) in [6, 6.07) is 0. The van der Waals surface area contributed by atoms with Crippen LogP contribution in [0.1, 0.15) is 137 Å². The Balaban J connectivity index is 4.20. The molecule has 0 aliphatic rings. The van der Waals surface area contributed by atoms with Crippen molar-refractivity contribution in [3.8, 4) is 0 Å². The summed E-state index contributed by atoms with van der Waals surface area (Å²) < 4.78 is 15.6. The fourth-order valence-electron chi connectivity index (χ4n) is 3.86. The molecule has 33 heavy (non-hydrogen) atoms. The second-order valence-corrected chi connectivity index (χ2v) is 9.10. The van der Waals surface area contributed by atoms with E-state index < -0.39 is 30.1 Å². The Kier molecular flexibility index (Phi) is 21.1. The summed E-state index contributed by atoms with van der Waals surface area (Å²) in [6.07, 6.45) is 18.4. The fraction of sp³-hybridized carbons (Fsp3) is 0.889. The van der Waals surface area contributed by atoms with Gasteiger partial charge in [0.1, 0.15) is 5.92 Å². The Bertz CT molecular complexity index is 489. The number of carbonyl (C=O) groups excluding carboxylic acids is 3. The summed E-state index contributed by atoms with van der Waals surface area (Å²) in [5, 5.41) is 0. The van der Waals surface area contributed by atoms with E-state index in [1.165, 1.54) is 84.5 Å². The molecule has 0 radical (unpaired) electrons. The van der Waals surface area contributed by atoms with Gasteiger partial charge in [-0.1, -0.05) is 110 Å². The van der Waals surface area contributed by atoms with Crippen molar-refractivity contribution in [3.63, 3.8) is 0 Å². The third-order valence-corrected chi connectivity index (χ3v) is 5.81. The van der Waals surface area contributed by atoms with E-state index in [0.29, 0.717) is 13.0 Å². The Morgan fingerprint density at radius 2 is 0.970 bits per heavy atom. The highest BCUT2D eigenvalue weighted by Crippen LogP contribution is 2.22. The molecule has 0 heterocycles. The molecular formula is C27H50O6. The first-order valence-electron chi connectivity index (χ1n) is 13.4. The fourth-order valence-corrected chi connectivity index (χ4v) is 3.86. The average Bonchev–Trinajstić information content (AvgIpc) is 2.75. The smallest absolute Gasteiger partial charge is 0.316 e. The van der Waals surface area contributed by atoms with Gasteiger partial charge in [0, 0.05) is 13.8 Å². The monoisotopic (exact) mass is 470 g/mol. The molecule has 0 saturated heterocycles. The lowest BCUT2D eigenvalue weighted by atomic mass is 9.99. The van der Waals surface area contributed by atoms with E-state index in [1.807, 2.05) is 6.92 Å². The number of rotatable bonds is 22. The number of esters is 3. The quantitative estimate of drug-likeness (QED) is 0.0940. The second-order valence-electron chi connectivity index (χ2n) is 9.10. The van der Waals surface area contributed by atoms with Gasteiger partial charge in [0.05, 0.1) is 6.61 Å². The number of unbranched alkanes of at least 4 members (excludes halogenated alkanes) is 14. The molecule has 6 heteroatoms. The standard InChI is InChI=1S/C27H50O6/c1-5-7-9-10-11-12-13-14-15-16-17-18-19-20-21-25(26(30)31-22-8-6-2)27(32-23(3)28)33-24(4)29/h25,27H,5-22H2,1-4H3. The summed E-state index contributed by atoms with van der Waals surface area (Å²) in [5.41, 5.74) is 0. The van der Waals surface area contributed by atoms with Crippen LogP contribution in [-0.2, 0) is 28.6 Å². The largest absolute Gasteiger partial charge is 0.465 e. The predicted molar refractivity (Wildman–Crippen MR) is 132 cm³/mol. The van der Waals surface area contributed by atoms with Crippen molar-refractivity contribution in [2.24, 2.45) is 5.92 Å². The van der Waals surface area contributed by atoms with Gasteiger partial charge in [0.15, 0.2) is 0 Å². The second kappa shape index (κ2) is 22.2. The van der Waals surface area contributed by atoms with E-state index in [-0.39, 0.29) is 0 Å². The lowest BCUT2D eigenvalue weighted by molar-refractivity contribution is -0.201. The van der Waals surface area contributed by atoms with Crippen LogP contribution in [0, 0.1) is 5.92 Å². The molecule has 0 aliphatic carbocycles. The maximum atomic E-state index is 12.6. The van der Waals surface area contributed by atoms with Crippen LogP contribution < -0.4 is 0 Å². The zero-order chi connectivity index (χ0) is 24.7. The highest BCUT2D eigenvalue weighted by Gasteiger charge is 2.34. The minimum absolute atomic E-state index is 0.317. The first-order valence-corrected chi connectivity index (χ1v) is 13.4. The molecule has 194 valence electrons. The molecule has 0 bridgehead atoms. The predicted octanol–water partition coefficient (Wildman–Crippen LogP) is 7.27. The molecule has 6 nitrogen and oxygen atoms in total. The van der Waals surface area contributed by atoms with E-state index >= 15 is 0 Å². The van der Waals surface area contributed by atoms with Gasteiger partial charge in [-0.2, -0.15) is 0 Å². The first-order chi connectivity index (χ1) is 15.9. The van der Waals surface area contributed by atoms with Gasteiger partial charge in [-0.3, -0.25) is 14.4 Å². The van der Waals surface area contributed by atoms with Gasteiger partial charge in [0.2, 0.25) is 0 Å². The van der Waals surface area contributed by atoms with Gasteiger partial charge in [-0.25, -0.2) is 0 Å². The van der Waals surface area contributed by atoms with Gasteiger partial charge < -0.3 is 14.2 Å². The number of hydrogen-bond donors (Lipinski definition) is 0. The third kappa shape index (κ3) is 19.6. The highest BCUT2D eigenvalue weighted by atomic mass is 16.7. The van der Waals surface area contributed by atoms with E-state index in [0.717, 1.165) is 32.1 Å². The van der Waals surface area contributed by atoms with Crippen LogP contribution in [0.3, 0.4) is 0 Å². The van der Waals surface area contributed by atoms with Crippen molar-refractivity contribution in [3.05, 3.63) is 0 Å². The Hall–Kier alpha value is -1.59. The molecule has 0 spiro atoms. The Morgan fingerprint density at radius 1 is 0.576 bits per heavy atom. The first kappa shape index (κ1) is 31.4. The molecule has 0 aromatic rings. The van der Waals surface area contributed by atoms with Gasteiger partial charge in [0.25, 0.3) is 6.29 Å². The summed E-state index contributed by atoms with van der Waals surface area (Å²) >= 11 is 0. The molecule has 0 saturated carbocycles. The van der Waals surface area contributed by atoms with Crippen LogP contribution in [0.2, 0.25) is 0 Å². The van der Waals surface area contributed by atoms with Crippen molar-refractivity contribution in [1.82, 2.24) is 0 Å². The van der Waals surface area contributed by atoms with Crippen LogP contribution in [0.25, 0.3) is 0 Å². The van der Waals surface area contributed by atoms with E-state index in [1.54, 1.807) is 0 Å². The topological polar surface area (TPSA) is 78.9 Å². The molecule has 0 aromatic heterocycles. The molecule has 0 fully saturated rings. The average molecular weight is 471 g/mol. The van der Waals surface area contributed by atoms with E-state index in [2.05, 4.69) is 6.92 Å². The van der Waals surface area contributed by atoms with Crippen LogP contribution >= 0.6 is 0 Å². The molecule has 0 aromatic carbocycles. The summed E-state index contributed by atoms with van der Waals surface area (Å²) in [7, 11) is 0. The van der Waals surface area contributed by atoms with Crippen LogP contribution in [0.15, 0.2) is 0 Å². The lowest BCUT2D eigenvalue weighted by Crippen LogP contribution is -2.36. The summed E-state index contributed by atoms with van der Waals surface area (Å²) in [6.45, 7) is 7.06. The molecule has 0 amide bonds. The van der Waals surface area contributed by atoms with E-state index in [9.17, 15) is 14.4 Å². The zero-order valence-electron chi connectivity index (χ0n) is 21.8. The minimum atomic E-state index is -1.23. The molecule has 0 N–H and O–H groups in total. The lowest BCUT2D eigenvalue weighted by Gasteiger charge is -2.24. The maximum absolute atomic E-state index is 12.6. The molecular weight excluding hydrogens is 420 g/mol. The third-order valence-electron chi connectivity index (χ3n) is 5.81. The maximum Gasteiger partial charge on any atom is 0.316 e. The van der Waals surface area contributed by atoms with E-state index in [4.69, 9.17) is 14.2 Å². The summed E-state index contributed by atoms with van der Waals surface area (Å²) in [4.78, 5) is 35.5. The SMILES string of the molecule is CCCCCCCCCCCCCCCCC(C(=O)OCCCC)C(OC(C)=O)OC(C)=O. The number of ether oxygens (including phenoxy) is 3. The van der Waals surface area contributed by atoms with Crippen LogP contribution in [-0.4, -0.2) is 30.8 Å². The van der Waals surface area contributed by atoms with Crippen LogP contribution in [0.4, 0.5) is 0 Å². The number of hydrogen-bond acceptors (Lipinski definition) is 6. The molecule has 1 atom stereocenters. The van der Waals surface area contributed by atoms with Crippen molar-refractivity contribution in [2.45, 2.75) is 143 Å². The van der Waals surface area contributed by atoms with Crippen molar-refractivity contribution in [1.29, 1.82) is 0 Å². The van der Waals surface area contributed by atoms with Gasteiger partial charge in [-0.15, -0.1) is 0 Å². The van der Waals surface area contributed by atoms with Crippen molar-refractivity contribution in [2.75, 3.05) is 6.61 Å². The van der Waals surface area contributed by atoms with Crippen molar-refractivity contribution < 1.29 is 28.6 Å². The number of carbonyl (C=O) groups is 3. The minimum Gasteiger partial charge on any atom is -0.465 e.